The number of primary amides is 1. The number of nitrogens with one attached hydrogen (secondary N) is 2. The number of ether oxygens (including phenoxy) is 1. The van der Waals surface area contributed by atoms with Crippen LogP contribution in [-0.4, -0.2) is 41.2 Å². The van der Waals surface area contributed by atoms with Gasteiger partial charge < -0.3 is 21.1 Å². The van der Waals surface area contributed by atoms with Crippen LogP contribution in [0, 0.1) is 5.92 Å². The van der Waals surface area contributed by atoms with Crippen molar-refractivity contribution >= 4 is 17.7 Å². The molecule has 1 aromatic heterocycles. The van der Waals surface area contributed by atoms with Gasteiger partial charge in [-0.2, -0.15) is 4.98 Å². The summed E-state index contributed by atoms with van der Waals surface area (Å²) in [4.78, 5) is 20.6. The third-order valence-electron chi connectivity index (χ3n) is 5.35. The third kappa shape index (κ3) is 4.60. The van der Waals surface area contributed by atoms with Gasteiger partial charge in [0.2, 0.25) is 5.95 Å². The first-order valence-electron chi connectivity index (χ1n) is 9.33. The maximum atomic E-state index is 11.7. The van der Waals surface area contributed by atoms with Gasteiger partial charge in [0.25, 0.3) is 5.91 Å². The summed E-state index contributed by atoms with van der Waals surface area (Å²) >= 11 is 0. The van der Waals surface area contributed by atoms with Crippen molar-refractivity contribution in [2.45, 2.75) is 70.1 Å². The highest BCUT2D eigenvalue weighted by atomic mass is 16.5. The van der Waals surface area contributed by atoms with Gasteiger partial charge in [0.15, 0.2) is 0 Å². The van der Waals surface area contributed by atoms with E-state index in [1.54, 1.807) is 7.11 Å². The Kier molecular flexibility index (Phi) is 5.73. The fourth-order valence-corrected chi connectivity index (χ4v) is 3.59. The molecule has 0 bridgehead atoms. The number of carbonyl (C=O) groups excluding carboxylic acids is 1. The highest BCUT2D eigenvalue weighted by Crippen LogP contribution is 2.36. The Bertz CT molecular complexity index is 597. The SMILES string of the molecule is CC[C@@H](Nc1nc(NC2CCC(OC)CC2)ncc1C(N)=O)C1CC1. The summed E-state index contributed by atoms with van der Waals surface area (Å²) in [5.74, 6) is 1.27. The van der Waals surface area contributed by atoms with Crippen molar-refractivity contribution < 1.29 is 9.53 Å². The highest BCUT2D eigenvalue weighted by Gasteiger charge is 2.31. The van der Waals surface area contributed by atoms with Gasteiger partial charge in [0, 0.05) is 25.4 Å². The van der Waals surface area contributed by atoms with Crippen LogP contribution < -0.4 is 16.4 Å². The second kappa shape index (κ2) is 7.99. The minimum absolute atomic E-state index is 0.331. The first kappa shape index (κ1) is 17.9. The maximum Gasteiger partial charge on any atom is 0.254 e. The summed E-state index contributed by atoms with van der Waals surface area (Å²) in [5, 5.41) is 6.82. The van der Waals surface area contributed by atoms with Gasteiger partial charge in [0.05, 0.1) is 11.7 Å². The fourth-order valence-electron chi connectivity index (χ4n) is 3.59. The maximum absolute atomic E-state index is 11.7. The van der Waals surface area contributed by atoms with Crippen molar-refractivity contribution in [2.75, 3.05) is 17.7 Å². The molecule has 1 atom stereocenters. The van der Waals surface area contributed by atoms with E-state index in [2.05, 4.69) is 27.5 Å². The summed E-state index contributed by atoms with van der Waals surface area (Å²) in [6.07, 6.45) is 9.49. The molecule has 2 saturated carbocycles. The standard InChI is InChI=1S/C18H29N5O2/c1-3-15(11-4-5-11)22-17-14(16(19)24)10-20-18(23-17)21-12-6-8-13(25-2)9-7-12/h10-13,15H,3-9H2,1-2H3,(H2,19,24)(H2,20,21,22,23)/t12?,13?,15-/m1/s1. The van der Waals surface area contributed by atoms with Crippen LogP contribution in [0.5, 0.6) is 0 Å². The number of rotatable bonds is 8. The molecule has 0 radical (unpaired) electrons. The van der Waals surface area contributed by atoms with Crippen LogP contribution in [0.15, 0.2) is 6.20 Å². The molecule has 7 nitrogen and oxygen atoms in total. The first-order chi connectivity index (χ1) is 12.1. The van der Waals surface area contributed by atoms with E-state index >= 15 is 0 Å². The van der Waals surface area contributed by atoms with Crippen molar-refractivity contribution in [2.24, 2.45) is 11.7 Å². The van der Waals surface area contributed by atoms with E-state index in [1.807, 2.05) is 0 Å². The van der Waals surface area contributed by atoms with Crippen molar-refractivity contribution in [1.82, 2.24) is 9.97 Å². The molecule has 2 fully saturated rings. The Labute approximate surface area is 149 Å². The quantitative estimate of drug-likeness (QED) is 0.668. The summed E-state index contributed by atoms with van der Waals surface area (Å²) in [6, 6.07) is 0.669. The Hall–Kier alpha value is -1.89. The number of aromatic nitrogens is 2. The van der Waals surface area contributed by atoms with E-state index in [-0.39, 0.29) is 0 Å². The van der Waals surface area contributed by atoms with Crippen LogP contribution in [0.1, 0.15) is 62.2 Å². The number of hydrogen-bond donors (Lipinski definition) is 3. The zero-order chi connectivity index (χ0) is 17.8. The minimum Gasteiger partial charge on any atom is -0.381 e. The van der Waals surface area contributed by atoms with E-state index in [1.165, 1.54) is 19.0 Å². The van der Waals surface area contributed by atoms with E-state index in [4.69, 9.17) is 10.5 Å². The number of amides is 1. The normalized spacial score (nSPS) is 24.6. The van der Waals surface area contributed by atoms with E-state index in [0.717, 1.165) is 32.1 Å². The van der Waals surface area contributed by atoms with Crippen molar-refractivity contribution in [3.8, 4) is 0 Å². The number of nitrogens with zero attached hydrogens (tertiary/aromatic N) is 2. The van der Waals surface area contributed by atoms with E-state index in [9.17, 15) is 4.79 Å². The third-order valence-corrected chi connectivity index (χ3v) is 5.35. The monoisotopic (exact) mass is 347 g/mol. The van der Waals surface area contributed by atoms with Gasteiger partial charge >= 0.3 is 0 Å². The summed E-state index contributed by atoms with van der Waals surface area (Å²) in [6.45, 7) is 2.15. The molecular formula is C18H29N5O2. The number of methoxy groups -OCH3 is 1. The predicted octanol–water partition coefficient (Wildman–Crippen LogP) is 2.55. The van der Waals surface area contributed by atoms with Gasteiger partial charge in [-0.05, 0) is 50.9 Å². The molecule has 0 aromatic carbocycles. The van der Waals surface area contributed by atoms with E-state index in [0.29, 0.717) is 41.4 Å². The molecule has 138 valence electrons. The largest absolute Gasteiger partial charge is 0.381 e. The lowest BCUT2D eigenvalue weighted by Gasteiger charge is -2.28. The molecule has 0 spiro atoms. The second-order valence-corrected chi connectivity index (χ2v) is 7.17. The Morgan fingerprint density at radius 3 is 2.60 bits per heavy atom. The van der Waals surface area contributed by atoms with Crippen LogP contribution in [-0.2, 0) is 4.74 Å². The van der Waals surface area contributed by atoms with E-state index < -0.39 is 5.91 Å². The van der Waals surface area contributed by atoms with Crippen molar-refractivity contribution in [3.05, 3.63) is 11.8 Å². The van der Waals surface area contributed by atoms with Gasteiger partial charge in [-0.25, -0.2) is 4.98 Å². The molecule has 3 rings (SSSR count). The van der Waals surface area contributed by atoms with Gasteiger partial charge in [0.1, 0.15) is 5.82 Å². The zero-order valence-electron chi connectivity index (χ0n) is 15.1. The van der Waals surface area contributed by atoms with Gasteiger partial charge in [-0.1, -0.05) is 6.92 Å². The summed E-state index contributed by atoms with van der Waals surface area (Å²) in [5.41, 5.74) is 5.85. The molecule has 0 aliphatic heterocycles. The number of anilines is 2. The highest BCUT2D eigenvalue weighted by molar-refractivity contribution is 5.97. The molecule has 2 aliphatic rings. The molecule has 0 unspecified atom stereocenters. The summed E-state index contributed by atoms with van der Waals surface area (Å²) in [7, 11) is 1.77. The molecular weight excluding hydrogens is 318 g/mol. The predicted molar refractivity (Wildman–Crippen MR) is 97.7 cm³/mol. The molecule has 1 amide bonds. The zero-order valence-corrected chi connectivity index (χ0v) is 15.1. The van der Waals surface area contributed by atoms with Crippen molar-refractivity contribution in [1.29, 1.82) is 0 Å². The molecule has 1 aromatic rings. The van der Waals surface area contributed by atoms with Gasteiger partial charge in [-0.15, -0.1) is 0 Å². The van der Waals surface area contributed by atoms with Crippen LogP contribution in [0.2, 0.25) is 0 Å². The molecule has 0 saturated heterocycles. The lowest BCUT2D eigenvalue weighted by Crippen LogP contribution is -2.30. The first-order valence-corrected chi connectivity index (χ1v) is 9.33. The molecule has 7 heteroatoms. The lowest BCUT2D eigenvalue weighted by atomic mass is 9.93. The topological polar surface area (TPSA) is 102 Å². The molecule has 1 heterocycles. The van der Waals surface area contributed by atoms with Crippen LogP contribution in [0.4, 0.5) is 11.8 Å². The second-order valence-electron chi connectivity index (χ2n) is 7.17. The average molecular weight is 347 g/mol. The molecule has 25 heavy (non-hydrogen) atoms. The van der Waals surface area contributed by atoms with Gasteiger partial charge in [-0.3, -0.25) is 4.79 Å². The number of carbonyl (C=O) groups is 1. The number of nitrogens with two attached hydrogens (primary N) is 1. The average Bonchev–Trinajstić information content (AvgIpc) is 3.45. The molecule has 2 aliphatic carbocycles. The fraction of sp³-hybridized carbons (Fsp3) is 0.722. The van der Waals surface area contributed by atoms with Crippen LogP contribution >= 0.6 is 0 Å². The van der Waals surface area contributed by atoms with Crippen molar-refractivity contribution in [3.63, 3.8) is 0 Å². The smallest absolute Gasteiger partial charge is 0.254 e. The summed E-state index contributed by atoms with van der Waals surface area (Å²) < 4.78 is 5.41. The van der Waals surface area contributed by atoms with Crippen LogP contribution in [0.3, 0.4) is 0 Å². The minimum atomic E-state index is -0.500. The Morgan fingerprint density at radius 1 is 1.32 bits per heavy atom. The van der Waals surface area contributed by atoms with Crippen LogP contribution in [0.25, 0.3) is 0 Å². The molecule has 4 N–H and O–H groups in total. The number of hydrogen-bond acceptors (Lipinski definition) is 6. The Morgan fingerprint density at radius 2 is 2.04 bits per heavy atom. The lowest BCUT2D eigenvalue weighted by molar-refractivity contribution is 0.0681. The Balaban J connectivity index is 1.70.